The predicted molar refractivity (Wildman–Crippen MR) is 247 cm³/mol. The molecule has 0 radical (unpaired) electrons. The lowest BCUT2D eigenvalue weighted by Crippen LogP contribution is -1.96. The molecule has 0 N–H and O–H groups in total. The number of benzene rings is 8. The minimum atomic E-state index is 0.692. The minimum absolute atomic E-state index is 0.692. The van der Waals surface area contributed by atoms with Gasteiger partial charge in [0.05, 0.1) is 22.8 Å². The molecule has 10 rings (SSSR count). The van der Waals surface area contributed by atoms with Crippen molar-refractivity contribution in [2.75, 3.05) is 0 Å². The first kappa shape index (κ1) is 36.3. The van der Waals surface area contributed by atoms with Crippen LogP contribution in [0.3, 0.4) is 0 Å². The Bertz CT molecular complexity index is 2710. The summed E-state index contributed by atoms with van der Waals surface area (Å²) in [4.78, 5) is 20.2. The van der Waals surface area contributed by atoms with Crippen molar-refractivity contribution in [3.63, 3.8) is 0 Å². The first-order valence-electron chi connectivity index (χ1n) is 20.1. The summed E-state index contributed by atoms with van der Waals surface area (Å²) in [5.41, 5.74) is 16.6. The molecule has 60 heavy (non-hydrogen) atoms. The third-order valence-electron chi connectivity index (χ3n) is 10.8. The molecule has 8 aromatic carbocycles. The van der Waals surface area contributed by atoms with E-state index in [0.29, 0.717) is 11.6 Å². The van der Waals surface area contributed by atoms with Crippen LogP contribution in [-0.4, -0.2) is 19.9 Å². The number of nitrogens with zero attached hydrogens (tertiary/aromatic N) is 4. The maximum Gasteiger partial charge on any atom is 0.160 e. The molecule has 282 valence electrons. The molecule has 4 nitrogen and oxygen atoms in total. The summed E-state index contributed by atoms with van der Waals surface area (Å²) in [7, 11) is 0. The van der Waals surface area contributed by atoms with Crippen molar-refractivity contribution >= 4 is 0 Å². The van der Waals surface area contributed by atoms with Crippen molar-refractivity contribution in [1.29, 1.82) is 0 Å². The topological polar surface area (TPSA) is 51.6 Å². The van der Waals surface area contributed by atoms with E-state index in [0.717, 1.165) is 89.5 Å². The molecule has 0 aliphatic heterocycles. The Labute approximate surface area is 350 Å². The standard InChI is InChI=1S/C56H38N4/c1-5-17-41(18-6-1)51-37-52(42-19-7-2-8-20-42)58-55(57-51)45-33-29-39(30-34-45)47-25-13-15-27-49(47)50-28-16-14-26-48(50)40-31-35-46(36-32-40)56-59-53(43-21-9-3-10-22-43)38-54(60-56)44-23-11-4-12-24-44/h1-38H. The largest absolute Gasteiger partial charge is 0.228 e. The van der Waals surface area contributed by atoms with Crippen molar-refractivity contribution in [3.05, 3.63) is 231 Å². The summed E-state index contributed by atoms with van der Waals surface area (Å²) in [5, 5.41) is 0. The molecule has 0 amide bonds. The number of aromatic nitrogens is 4. The van der Waals surface area contributed by atoms with Crippen LogP contribution in [0.5, 0.6) is 0 Å². The fourth-order valence-corrected chi connectivity index (χ4v) is 7.72. The first-order valence-corrected chi connectivity index (χ1v) is 20.1. The Kier molecular flexibility index (Phi) is 9.92. The SMILES string of the molecule is c1ccc(-c2cc(-c3ccccc3)nc(-c3ccc(-c4ccccc4-c4ccccc4-c4ccc(-c5nc(-c6ccccc6)cc(-c6ccccc6)n5)cc4)cc3)n2)cc1. The normalized spacial score (nSPS) is 11.0. The molecule has 2 aromatic heterocycles. The lowest BCUT2D eigenvalue weighted by atomic mass is 9.89. The van der Waals surface area contributed by atoms with Gasteiger partial charge in [0.2, 0.25) is 0 Å². The van der Waals surface area contributed by atoms with Gasteiger partial charge in [0.25, 0.3) is 0 Å². The molecule has 0 fully saturated rings. The molecule has 0 saturated heterocycles. The number of hydrogen-bond donors (Lipinski definition) is 0. The highest BCUT2D eigenvalue weighted by Gasteiger charge is 2.16. The fourth-order valence-electron chi connectivity index (χ4n) is 7.72. The zero-order valence-electron chi connectivity index (χ0n) is 32.7. The zero-order valence-corrected chi connectivity index (χ0v) is 32.7. The first-order chi connectivity index (χ1) is 29.7. The molecule has 0 aliphatic rings. The summed E-state index contributed by atoms with van der Waals surface area (Å²) in [6.07, 6.45) is 0. The second-order valence-electron chi connectivity index (χ2n) is 14.6. The Morgan fingerprint density at radius 2 is 0.417 bits per heavy atom. The third-order valence-corrected chi connectivity index (χ3v) is 10.8. The van der Waals surface area contributed by atoms with E-state index < -0.39 is 0 Å². The van der Waals surface area contributed by atoms with Crippen molar-refractivity contribution < 1.29 is 0 Å². The van der Waals surface area contributed by atoms with E-state index in [9.17, 15) is 0 Å². The van der Waals surface area contributed by atoms with Crippen LogP contribution in [0, 0.1) is 0 Å². The van der Waals surface area contributed by atoms with Crippen LogP contribution in [0.4, 0.5) is 0 Å². The third kappa shape index (κ3) is 7.53. The molecule has 0 bridgehead atoms. The van der Waals surface area contributed by atoms with Crippen LogP contribution in [0.2, 0.25) is 0 Å². The molecular weight excluding hydrogens is 729 g/mol. The highest BCUT2D eigenvalue weighted by Crippen LogP contribution is 2.39. The van der Waals surface area contributed by atoms with Gasteiger partial charge in [0, 0.05) is 33.4 Å². The second-order valence-corrected chi connectivity index (χ2v) is 14.6. The highest BCUT2D eigenvalue weighted by molar-refractivity contribution is 5.92. The summed E-state index contributed by atoms with van der Waals surface area (Å²) >= 11 is 0. The lowest BCUT2D eigenvalue weighted by Gasteiger charge is -2.15. The number of hydrogen-bond acceptors (Lipinski definition) is 4. The van der Waals surface area contributed by atoms with Crippen LogP contribution in [-0.2, 0) is 0 Å². The maximum absolute atomic E-state index is 5.05. The summed E-state index contributed by atoms with van der Waals surface area (Å²) in [6, 6.07) is 79.8. The molecule has 0 atom stereocenters. The minimum Gasteiger partial charge on any atom is -0.228 e. The molecule has 4 heteroatoms. The van der Waals surface area contributed by atoms with E-state index >= 15 is 0 Å². The van der Waals surface area contributed by atoms with Gasteiger partial charge >= 0.3 is 0 Å². The average Bonchev–Trinajstić information content (AvgIpc) is 3.35. The van der Waals surface area contributed by atoms with Gasteiger partial charge < -0.3 is 0 Å². The monoisotopic (exact) mass is 766 g/mol. The van der Waals surface area contributed by atoms with Crippen molar-refractivity contribution in [2.24, 2.45) is 0 Å². The predicted octanol–water partition coefficient (Wildman–Crippen LogP) is 14.3. The van der Waals surface area contributed by atoms with E-state index in [1.165, 1.54) is 0 Å². The van der Waals surface area contributed by atoms with Gasteiger partial charge in [-0.2, -0.15) is 0 Å². The molecule has 0 saturated carbocycles. The van der Waals surface area contributed by atoms with Crippen LogP contribution in [0.1, 0.15) is 0 Å². The summed E-state index contributed by atoms with van der Waals surface area (Å²) in [6.45, 7) is 0. The van der Waals surface area contributed by atoms with Crippen LogP contribution in [0.15, 0.2) is 231 Å². The van der Waals surface area contributed by atoms with Gasteiger partial charge in [-0.3, -0.25) is 0 Å². The van der Waals surface area contributed by atoms with Crippen molar-refractivity contribution in [3.8, 4) is 101 Å². The Balaban J connectivity index is 0.985. The Morgan fingerprint density at radius 3 is 0.700 bits per heavy atom. The van der Waals surface area contributed by atoms with E-state index in [1.807, 2.05) is 72.8 Å². The van der Waals surface area contributed by atoms with Gasteiger partial charge in [0.1, 0.15) is 0 Å². The van der Waals surface area contributed by atoms with Gasteiger partial charge in [-0.05, 0) is 45.5 Å². The van der Waals surface area contributed by atoms with Gasteiger partial charge in [-0.1, -0.05) is 218 Å². The van der Waals surface area contributed by atoms with Crippen LogP contribution >= 0.6 is 0 Å². The van der Waals surface area contributed by atoms with E-state index in [-0.39, 0.29) is 0 Å². The lowest BCUT2D eigenvalue weighted by molar-refractivity contribution is 1.18. The van der Waals surface area contributed by atoms with Gasteiger partial charge in [-0.25, -0.2) is 19.9 Å². The molecule has 0 aliphatic carbocycles. The van der Waals surface area contributed by atoms with Crippen LogP contribution in [0.25, 0.3) is 101 Å². The van der Waals surface area contributed by atoms with Crippen molar-refractivity contribution in [1.82, 2.24) is 19.9 Å². The molecule has 2 heterocycles. The summed E-state index contributed by atoms with van der Waals surface area (Å²) in [5.74, 6) is 1.38. The zero-order chi connectivity index (χ0) is 40.1. The van der Waals surface area contributed by atoms with E-state index in [4.69, 9.17) is 19.9 Å². The average molecular weight is 767 g/mol. The summed E-state index contributed by atoms with van der Waals surface area (Å²) < 4.78 is 0. The highest BCUT2D eigenvalue weighted by atomic mass is 14.9. The molecule has 10 aromatic rings. The second kappa shape index (κ2) is 16.4. The maximum atomic E-state index is 5.05. The van der Waals surface area contributed by atoms with Gasteiger partial charge in [-0.15, -0.1) is 0 Å². The van der Waals surface area contributed by atoms with Gasteiger partial charge in [0.15, 0.2) is 11.6 Å². The van der Waals surface area contributed by atoms with Crippen molar-refractivity contribution in [2.45, 2.75) is 0 Å². The van der Waals surface area contributed by atoms with E-state index in [1.54, 1.807) is 0 Å². The number of rotatable bonds is 9. The quantitative estimate of drug-likeness (QED) is 0.147. The van der Waals surface area contributed by atoms with Crippen LogP contribution < -0.4 is 0 Å². The van der Waals surface area contributed by atoms with E-state index in [2.05, 4.69) is 158 Å². The smallest absolute Gasteiger partial charge is 0.160 e. The molecule has 0 spiro atoms. The Morgan fingerprint density at radius 1 is 0.183 bits per heavy atom. The Hall–Kier alpha value is -8.08. The molecular formula is C56H38N4. The molecule has 0 unspecified atom stereocenters. The fraction of sp³-hybridized carbons (Fsp3) is 0.